The Morgan fingerprint density at radius 3 is 2.48 bits per heavy atom. The summed E-state index contributed by atoms with van der Waals surface area (Å²) >= 11 is 0. The number of carbonyl (C=O) groups is 1. The van der Waals surface area contributed by atoms with Gasteiger partial charge in [-0.15, -0.1) is 0 Å². The van der Waals surface area contributed by atoms with Crippen LogP contribution in [0.5, 0.6) is 5.75 Å². The topological polar surface area (TPSA) is 80.2 Å². The van der Waals surface area contributed by atoms with E-state index in [9.17, 15) is 9.90 Å². The SMILES string of the molecule is CCNC(=NCC(=O)Nc1ccc(O)cc1)N1CCN(c2cccc(C)c2)CC1. The van der Waals surface area contributed by atoms with Gasteiger partial charge in [-0.25, -0.2) is 4.99 Å². The predicted octanol–water partition coefficient (Wildman–Crippen LogP) is 2.43. The lowest BCUT2D eigenvalue weighted by Gasteiger charge is -2.37. The molecule has 154 valence electrons. The Morgan fingerprint density at radius 2 is 1.83 bits per heavy atom. The standard InChI is InChI=1S/C22H29N5O2/c1-3-23-22(24-16-21(29)25-18-7-9-20(28)10-8-18)27-13-11-26(12-14-27)19-6-4-5-17(2)15-19/h4-10,15,28H,3,11-14,16H2,1-2H3,(H,23,24)(H,25,29). The quantitative estimate of drug-likeness (QED) is 0.412. The first-order chi connectivity index (χ1) is 14.0. The largest absolute Gasteiger partial charge is 0.508 e. The third kappa shape index (κ3) is 5.88. The number of anilines is 2. The third-order valence-electron chi connectivity index (χ3n) is 4.80. The molecule has 29 heavy (non-hydrogen) atoms. The van der Waals surface area contributed by atoms with Gasteiger partial charge in [0.05, 0.1) is 0 Å². The Morgan fingerprint density at radius 1 is 1.10 bits per heavy atom. The lowest BCUT2D eigenvalue weighted by molar-refractivity contribution is -0.114. The van der Waals surface area contributed by atoms with Crippen molar-refractivity contribution in [3.05, 3.63) is 54.1 Å². The Kier molecular flexibility index (Phi) is 6.94. The number of nitrogens with one attached hydrogen (secondary N) is 2. The number of aryl methyl sites for hydroxylation is 1. The molecule has 7 heteroatoms. The van der Waals surface area contributed by atoms with Crippen LogP contribution in [0.4, 0.5) is 11.4 Å². The molecule has 3 rings (SSSR count). The molecule has 1 fully saturated rings. The number of benzene rings is 2. The lowest BCUT2D eigenvalue weighted by Crippen LogP contribution is -2.52. The Bertz CT molecular complexity index is 843. The Labute approximate surface area is 172 Å². The minimum Gasteiger partial charge on any atom is -0.508 e. The van der Waals surface area contributed by atoms with Crippen molar-refractivity contribution in [1.82, 2.24) is 10.2 Å². The average molecular weight is 396 g/mol. The molecule has 0 aromatic heterocycles. The number of hydrogen-bond acceptors (Lipinski definition) is 4. The minimum atomic E-state index is -0.190. The van der Waals surface area contributed by atoms with E-state index in [4.69, 9.17) is 0 Å². The van der Waals surface area contributed by atoms with Crippen LogP contribution < -0.4 is 15.5 Å². The van der Waals surface area contributed by atoms with Crippen LogP contribution in [0, 0.1) is 6.92 Å². The van der Waals surface area contributed by atoms with Crippen LogP contribution in [-0.4, -0.2) is 61.1 Å². The van der Waals surface area contributed by atoms with Crippen molar-refractivity contribution in [2.75, 3.05) is 49.5 Å². The van der Waals surface area contributed by atoms with Crippen LogP contribution in [0.2, 0.25) is 0 Å². The van der Waals surface area contributed by atoms with Gasteiger partial charge in [0, 0.05) is 44.1 Å². The van der Waals surface area contributed by atoms with Gasteiger partial charge in [-0.2, -0.15) is 0 Å². The van der Waals surface area contributed by atoms with E-state index in [1.165, 1.54) is 23.4 Å². The Hall–Kier alpha value is -3.22. The second-order valence-corrected chi connectivity index (χ2v) is 7.08. The molecule has 0 radical (unpaired) electrons. The molecule has 2 aromatic rings. The second kappa shape index (κ2) is 9.82. The third-order valence-corrected chi connectivity index (χ3v) is 4.80. The summed E-state index contributed by atoms with van der Waals surface area (Å²) < 4.78 is 0. The van der Waals surface area contributed by atoms with E-state index >= 15 is 0 Å². The van der Waals surface area contributed by atoms with E-state index < -0.39 is 0 Å². The van der Waals surface area contributed by atoms with E-state index in [0.717, 1.165) is 38.7 Å². The van der Waals surface area contributed by atoms with Gasteiger partial charge in [-0.3, -0.25) is 4.79 Å². The molecule has 7 nitrogen and oxygen atoms in total. The molecule has 0 bridgehead atoms. The maximum absolute atomic E-state index is 12.2. The first-order valence-corrected chi connectivity index (χ1v) is 9.99. The van der Waals surface area contributed by atoms with Gasteiger partial charge in [-0.05, 0) is 55.8 Å². The van der Waals surface area contributed by atoms with Crippen molar-refractivity contribution in [3.63, 3.8) is 0 Å². The van der Waals surface area contributed by atoms with Crippen molar-refractivity contribution in [1.29, 1.82) is 0 Å². The van der Waals surface area contributed by atoms with Crippen LogP contribution in [-0.2, 0) is 4.79 Å². The summed E-state index contributed by atoms with van der Waals surface area (Å²) in [5.41, 5.74) is 3.15. The second-order valence-electron chi connectivity index (χ2n) is 7.08. The summed E-state index contributed by atoms with van der Waals surface area (Å²) in [4.78, 5) is 21.3. The van der Waals surface area contributed by atoms with Crippen LogP contribution in [0.3, 0.4) is 0 Å². The van der Waals surface area contributed by atoms with E-state index in [1.807, 2.05) is 6.92 Å². The summed E-state index contributed by atoms with van der Waals surface area (Å²) in [7, 11) is 0. The van der Waals surface area contributed by atoms with Crippen LogP contribution in [0.1, 0.15) is 12.5 Å². The summed E-state index contributed by atoms with van der Waals surface area (Å²) in [6.07, 6.45) is 0. The fourth-order valence-corrected chi connectivity index (χ4v) is 3.32. The van der Waals surface area contributed by atoms with Crippen molar-refractivity contribution < 1.29 is 9.90 Å². The highest BCUT2D eigenvalue weighted by Crippen LogP contribution is 2.18. The van der Waals surface area contributed by atoms with E-state index in [0.29, 0.717) is 5.69 Å². The number of aliphatic imine (C=N–C) groups is 1. The fourth-order valence-electron chi connectivity index (χ4n) is 3.32. The minimum absolute atomic E-state index is 0.0430. The zero-order valence-electron chi connectivity index (χ0n) is 17.1. The number of hydrogen-bond donors (Lipinski definition) is 3. The van der Waals surface area contributed by atoms with Gasteiger partial charge in [0.2, 0.25) is 5.91 Å². The zero-order chi connectivity index (χ0) is 20.6. The monoisotopic (exact) mass is 395 g/mol. The van der Waals surface area contributed by atoms with E-state index in [1.54, 1.807) is 12.1 Å². The molecule has 0 atom stereocenters. The van der Waals surface area contributed by atoms with Gasteiger partial charge in [-0.1, -0.05) is 12.1 Å². The summed E-state index contributed by atoms with van der Waals surface area (Å²) in [6, 6.07) is 15.0. The molecular weight excluding hydrogens is 366 g/mol. The number of rotatable bonds is 5. The maximum Gasteiger partial charge on any atom is 0.246 e. The molecule has 0 aliphatic carbocycles. The lowest BCUT2D eigenvalue weighted by atomic mass is 10.2. The smallest absolute Gasteiger partial charge is 0.246 e. The molecule has 1 heterocycles. The molecule has 1 aliphatic rings. The maximum atomic E-state index is 12.2. The molecule has 0 unspecified atom stereocenters. The zero-order valence-corrected chi connectivity index (χ0v) is 17.1. The fraction of sp³-hybridized carbons (Fsp3) is 0.364. The number of guanidine groups is 1. The highest BCUT2D eigenvalue weighted by Gasteiger charge is 2.20. The number of nitrogens with zero attached hydrogens (tertiary/aromatic N) is 3. The van der Waals surface area contributed by atoms with Crippen molar-refractivity contribution in [2.24, 2.45) is 4.99 Å². The first-order valence-electron chi connectivity index (χ1n) is 9.99. The Balaban J connectivity index is 1.56. The molecule has 3 N–H and O–H groups in total. The number of phenols is 1. The van der Waals surface area contributed by atoms with Crippen molar-refractivity contribution >= 4 is 23.2 Å². The molecule has 0 saturated carbocycles. The number of aromatic hydroxyl groups is 1. The highest BCUT2D eigenvalue weighted by molar-refractivity contribution is 5.94. The first kappa shape index (κ1) is 20.5. The van der Waals surface area contributed by atoms with E-state index in [2.05, 4.69) is 56.6 Å². The predicted molar refractivity (Wildman–Crippen MR) is 118 cm³/mol. The number of phenolic OH excluding ortho intramolecular Hbond substituents is 1. The molecular formula is C22H29N5O2. The highest BCUT2D eigenvalue weighted by atomic mass is 16.3. The van der Waals surface area contributed by atoms with Crippen molar-refractivity contribution in [3.8, 4) is 5.75 Å². The average Bonchev–Trinajstić information content (AvgIpc) is 2.73. The molecule has 1 saturated heterocycles. The number of piperazine rings is 1. The van der Waals surface area contributed by atoms with Gasteiger partial charge in [0.15, 0.2) is 5.96 Å². The van der Waals surface area contributed by atoms with Gasteiger partial charge in [0.25, 0.3) is 0 Å². The van der Waals surface area contributed by atoms with Gasteiger partial charge >= 0.3 is 0 Å². The summed E-state index contributed by atoms with van der Waals surface area (Å²) in [5, 5.41) is 15.4. The molecule has 2 aromatic carbocycles. The normalized spacial score (nSPS) is 14.6. The van der Waals surface area contributed by atoms with Gasteiger partial charge in [0.1, 0.15) is 12.3 Å². The van der Waals surface area contributed by atoms with Crippen molar-refractivity contribution in [2.45, 2.75) is 13.8 Å². The molecule has 1 amide bonds. The van der Waals surface area contributed by atoms with Crippen LogP contribution >= 0.6 is 0 Å². The molecule has 1 aliphatic heterocycles. The van der Waals surface area contributed by atoms with Crippen LogP contribution in [0.15, 0.2) is 53.5 Å². The van der Waals surface area contributed by atoms with E-state index in [-0.39, 0.29) is 18.2 Å². The van der Waals surface area contributed by atoms with Crippen LogP contribution in [0.25, 0.3) is 0 Å². The number of carbonyl (C=O) groups excluding carboxylic acids is 1. The van der Waals surface area contributed by atoms with Gasteiger partial charge < -0.3 is 25.5 Å². The molecule has 0 spiro atoms. The number of amides is 1. The summed E-state index contributed by atoms with van der Waals surface area (Å²) in [6.45, 7) is 8.44. The summed E-state index contributed by atoms with van der Waals surface area (Å²) in [5.74, 6) is 0.738.